The van der Waals surface area contributed by atoms with Crippen LogP contribution < -0.4 is 0 Å². The molecule has 1 aromatic rings. The molecule has 0 aromatic heterocycles. The summed E-state index contributed by atoms with van der Waals surface area (Å²) in [6.07, 6.45) is 1.76. The molecule has 0 spiro atoms. The number of benzene rings is 1. The van der Waals surface area contributed by atoms with Crippen LogP contribution in [0.4, 0.5) is 0 Å². The number of thioether (sulfide) groups is 1. The van der Waals surface area contributed by atoms with Crippen LogP contribution in [0.2, 0.25) is 0 Å². The van der Waals surface area contributed by atoms with E-state index < -0.39 is 5.60 Å². The fraction of sp³-hybridized carbons (Fsp3) is 0.538. The van der Waals surface area contributed by atoms with Crippen molar-refractivity contribution in [2.24, 2.45) is 0 Å². The molecule has 1 rings (SSSR count). The molecular weight excluding hydrogens is 204 g/mol. The summed E-state index contributed by atoms with van der Waals surface area (Å²) in [4.78, 5) is 1.32. The van der Waals surface area contributed by atoms with Crippen LogP contribution in [0.3, 0.4) is 0 Å². The van der Waals surface area contributed by atoms with Gasteiger partial charge in [-0.25, -0.2) is 0 Å². The summed E-state index contributed by atoms with van der Waals surface area (Å²) in [7, 11) is 0. The van der Waals surface area contributed by atoms with Crippen LogP contribution in [0.15, 0.2) is 29.2 Å². The lowest BCUT2D eigenvalue weighted by atomic mass is 9.99. The molecule has 2 heteroatoms. The molecule has 1 aromatic carbocycles. The van der Waals surface area contributed by atoms with Crippen molar-refractivity contribution in [2.45, 2.75) is 44.1 Å². The van der Waals surface area contributed by atoms with Gasteiger partial charge in [-0.05, 0) is 50.1 Å². The maximum Gasteiger partial charge on any atom is 0.0594 e. The van der Waals surface area contributed by atoms with Crippen molar-refractivity contribution in [3.8, 4) is 0 Å². The Labute approximate surface area is 96.9 Å². The van der Waals surface area contributed by atoms with E-state index in [4.69, 9.17) is 0 Å². The summed E-state index contributed by atoms with van der Waals surface area (Å²) in [6.45, 7) is 5.87. The van der Waals surface area contributed by atoms with E-state index in [9.17, 15) is 5.11 Å². The molecule has 0 saturated heterocycles. The minimum atomic E-state index is -0.559. The van der Waals surface area contributed by atoms with Gasteiger partial charge in [-0.2, -0.15) is 0 Å². The molecule has 0 fully saturated rings. The summed E-state index contributed by atoms with van der Waals surface area (Å²) >= 11 is 1.86. The van der Waals surface area contributed by atoms with Crippen LogP contribution in [-0.4, -0.2) is 16.5 Å². The molecule has 0 amide bonds. The fourth-order valence-electron chi connectivity index (χ4n) is 1.37. The Balaban J connectivity index is 2.50. The number of rotatable bonds is 5. The smallest absolute Gasteiger partial charge is 0.0594 e. The maximum absolute atomic E-state index is 9.61. The Hall–Kier alpha value is -0.470. The van der Waals surface area contributed by atoms with E-state index in [0.29, 0.717) is 0 Å². The first-order valence-corrected chi connectivity index (χ1v) is 6.44. The third kappa shape index (κ3) is 5.24. The highest BCUT2D eigenvalue weighted by atomic mass is 32.2. The van der Waals surface area contributed by atoms with E-state index in [2.05, 4.69) is 31.2 Å². The highest BCUT2D eigenvalue weighted by Gasteiger charge is 2.11. The van der Waals surface area contributed by atoms with Gasteiger partial charge in [-0.15, -0.1) is 11.8 Å². The second kappa shape index (κ2) is 5.57. The normalized spacial score (nSPS) is 11.7. The summed E-state index contributed by atoms with van der Waals surface area (Å²) < 4.78 is 0. The van der Waals surface area contributed by atoms with Crippen molar-refractivity contribution < 1.29 is 5.11 Å². The molecule has 84 valence electrons. The van der Waals surface area contributed by atoms with E-state index in [-0.39, 0.29) is 0 Å². The van der Waals surface area contributed by atoms with Crippen molar-refractivity contribution in [1.29, 1.82) is 0 Å². The van der Waals surface area contributed by atoms with Gasteiger partial charge >= 0.3 is 0 Å². The number of hydrogen-bond donors (Lipinski definition) is 1. The van der Waals surface area contributed by atoms with Gasteiger partial charge in [0.15, 0.2) is 0 Å². The Morgan fingerprint density at radius 1 is 1.20 bits per heavy atom. The van der Waals surface area contributed by atoms with Crippen molar-refractivity contribution >= 4 is 11.8 Å². The van der Waals surface area contributed by atoms with Gasteiger partial charge in [-0.1, -0.05) is 19.1 Å². The third-order valence-electron chi connectivity index (χ3n) is 2.26. The van der Waals surface area contributed by atoms with E-state index in [1.54, 1.807) is 0 Å². The molecule has 0 unspecified atom stereocenters. The lowest BCUT2D eigenvalue weighted by Crippen LogP contribution is -2.19. The SMILES string of the molecule is CCSc1ccc(CCC(C)(C)O)cc1. The van der Waals surface area contributed by atoms with Crippen molar-refractivity contribution in [3.63, 3.8) is 0 Å². The molecular formula is C13H20OS. The first-order valence-electron chi connectivity index (χ1n) is 5.45. The van der Waals surface area contributed by atoms with Crippen LogP contribution in [0.1, 0.15) is 32.8 Å². The van der Waals surface area contributed by atoms with E-state index in [1.807, 2.05) is 25.6 Å². The van der Waals surface area contributed by atoms with Crippen LogP contribution in [-0.2, 0) is 6.42 Å². The van der Waals surface area contributed by atoms with Gasteiger partial charge in [0, 0.05) is 4.90 Å². The first kappa shape index (κ1) is 12.6. The number of hydrogen-bond acceptors (Lipinski definition) is 2. The van der Waals surface area contributed by atoms with Gasteiger partial charge < -0.3 is 5.11 Å². The quantitative estimate of drug-likeness (QED) is 0.772. The summed E-state index contributed by atoms with van der Waals surface area (Å²) in [6, 6.07) is 8.63. The molecule has 0 aliphatic rings. The Morgan fingerprint density at radius 2 is 1.80 bits per heavy atom. The molecule has 1 nitrogen and oxygen atoms in total. The average Bonchev–Trinajstić information content (AvgIpc) is 2.16. The lowest BCUT2D eigenvalue weighted by Gasteiger charge is -2.16. The minimum absolute atomic E-state index is 0.559. The minimum Gasteiger partial charge on any atom is -0.390 e. The van der Waals surface area contributed by atoms with Gasteiger partial charge in [-0.3, -0.25) is 0 Å². The number of aliphatic hydroxyl groups is 1. The van der Waals surface area contributed by atoms with Gasteiger partial charge in [0.05, 0.1) is 5.60 Å². The van der Waals surface area contributed by atoms with Crippen LogP contribution in [0.5, 0.6) is 0 Å². The van der Waals surface area contributed by atoms with E-state index in [0.717, 1.165) is 18.6 Å². The largest absolute Gasteiger partial charge is 0.390 e. The highest BCUT2D eigenvalue weighted by Crippen LogP contribution is 2.19. The van der Waals surface area contributed by atoms with E-state index >= 15 is 0 Å². The molecule has 0 atom stereocenters. The molecule has 0 heterocycles. The first-order chi connectivity index (χ1) is 7.01. The number of aryl methyl sites for hydroxylation is 1. The van der Waals surface area contributed by atoms with Gasteiger partial charge in [0.1, 0.15) is 0 Å². The molecule has 0 bridgehead atoms. The third-order valence-corrected chi connectivity index (χ3v) is 3.15. The molecule has 0 saturated carbocycles. The molecule has 0 aliphatic heterocycles. The Morgan fingerprint density at radius 3 is 2.27 bits per heavy atom. The monoisotopic (exact) mass is 224 g/mol. The van der Waals surface area contributed by atoms with Gasteiger partial charge in [0.25, 0.3) is 0 Å². The average molecular weight is 224 g/mol. The van der Waals surface area contributed by atoms with Crippen molar-refractivity contribution in [3.05, 3.63) is 29.8 Å². The zero-order valence-corrected chi connectivity index (χ0v) is 10.6. The van der Waals surface area contributed by atoms with Crippen LogP contribution >= 0.6 is 11.8 Å². The second-order valence-corrected chi connectivity index (χ2v) is 5.73. The predicted molar refractivity (Wildman–Crippen MR) is 67.5 cm³/mol. The predicted octanol–water partition coefficient (Wildman–Crippen LogP) is 3.50. The summed E-state index contributed by atoms with van der Waals surface area (Å²) in [5.74, 6) is 1.11. The second-order valence-electron chi connectivity index (χ2n) is 4.39. The summed E-state index contributed by atoms with van der Waals surface area (Å²) in [5.41, 5.74) is 0.745. The molecule has 15 heavy (non-hydrogen) atoms. The van der Waals surface area contributed by atoms with Crippen molar-refractivity contribution in [1.82, 2.24) is 0 Å². The van der Waals surface area contributed by atoms with Crippen molar-refractivity contribution in [2.75, 3.05) is 5.75 Å². The standard InChI is InChI=1S/C13H20OS/c1-4-15-12-7-5-11(6-8-12)9-10-13(2,3)14/h5-8,14H,4,9-10H2,1-3H3. The van der Waals surface area contributed by atoms with Crippen LogP contribution in [0.25, 0.3) is 0 Å². The molecule has 0 radical (unpaired) electrons. The van der Waals surface area contributed by atoms with Gasteiger partial charge in [0.2, 0.25) is 0 Å². The molecule has 0 aliphatic carbocycles. The summed E-state index contributed by atoms with van der Waals surface area (Å²) in [5, 5.41) is 9.61. The Bertz CT molecular complexity index is 284. The van der Waals surface area contributed by atoms with E-state index in [1.165, 1.54) is 10.5 Å². The van der Waals surface area contributed by atoms with Crippen LogP contribution in [0, 0.1) is 0 Å². The topological polar surface area (TPSA) is 20.2 Å². The zero-order chi connectivity index (χ0) is 11.3. The lowest BCUT2D eigenvalue weighted by molar-refractivity contribution is 0.0714. The Kier molecular flexibility index (Phi) is 4.68. The fourth-order valence-corrected chi connectivity index (χ4v) is 2.03. The zero-order valence-electron chi connectivity index (χ0n) is 9.79. The highest BCUT2D eigenvalue weighted by molar-refractivity contribution is 7.99. The maximum atomic E-state index is 9.61. The molecule has 1 N–H and O–H groups in total.